The number of nitrogens with zero attached hydrogens (tertiary/aromatic N) is 1. The fourth-order valence-corrected chi connectivity index (χ4v) is 3.63. The Labute approximate surface area is 124 Å². The molecule has 0 aliphatic carbocycles. The van der Waals surface area contributed by atoms with Crippen LogP contribution >= 0.6 is 11.4 Å². The van der Waals surface area contributed by atoms with E-state index >= 15 is 0 Å². The van der Waals surface area contributed by atoms with E-state index in [-0.39, 0.29) is 11.4 Å². The fraction of sp³-hybridized carbons (Fsp3) is 0.250. The lowest BCUT2D eigenvalue weighted by atomic mass is 10.0. The molecule has 0 saturated carbocycles. The van der Waals surface area contributed by atoms with E-state index in [1.54, 1.807) is 36.4 Å². The monoisotopic (exact) mass is 311 g/mol. The lowest BCUT2D eigenvalue weighted by Crippen LogP contribution is -2.16. The Hall–Kier alpha value is -1.62. The predicted molar refractivity (Wildman–Crippen MR) is 82.6 cm³/mol. The Morgan fingerprint density at radius 3 is 1.57 bits per heavy atom. The summed E-state index contributed by atoms with van der Waals surface area (Å²) >= 11 is -5.38. The van der Waals surface area contributed by atoms with Crippen molar-refractivity contribution in [3.8, 4) is 0 Å². The van der Waals surface area contributed by atoms with Crippen LogP contribution in [0.3, 0.4) is 0 Å². The van der Waals surface area contributed by atoms with Crippen LogP contribution < -0.4 is 4.31 Å². The van der Waals surface area contributed by atoms with Crippen LogP contribution in [0.5, 0.6) is 0 Å². The van der Waals surface area contributed by atoms with Crippen molar-refractivity contribution in [3.63, 3.8) is 0 Å². The van der Waals surface area contributed by atoms with Gasteiger partial charge < -0.3 is 0 Å². The molecule has 21 heavy (non-hydrogen) atoms. The summed E-state index contributed by atoms with van der Waals surface area (Å²) in [4.78, 5) is 0. The molecule has 0 N–H and O–H groups in total. The minimum atomic E-state index is -5.38. The molecule has 0 amide bonds. The lowest BCUT2D eigenvalue weighted by molar-refractivity contribution is 0.633. The lowest BCUT2D eigenvalue weighted by Gasteiger charge is -2.31. The van der Waals surface area contributed by atoms with Gasteiger partial charge in [-0.2, -0.15) is 0 Å². The first kappa shape index (κ1) is 14.3. The van der Waals surface area contributed by atoms with E-state index in [1.165, 1.54) is 0 Å². The molecule has 0 spiro atoms. The average Bonchev–Trinajstić information content (AvgIpc) is 2.52. The molecule has 1 heterocycles. The van der Waals surface area contributed by atoms with E-state index in [0.29, 0.717) is 17.1 Å². The molecule has 0 bridgehead atoms. The fourth-order valence-electron chi connectivity index (χ4n) is 2.82. The Morgan fingerprint density at radius 1 is 0.714 bits per heavy atom. The van der Waals surface area contributed by atoms with Crippen LogP contribution in [-0.4, -0.2) is 0 Å². The largest absolute Gasteiger partial charge is 0.306 e. The van der Waals surface area contributed by atoms with Crippen LogP contribution in [-0.2, 0) is 12.8 Å². The van der Waals surface area contributed by atoms with Crippen molar-refractivity contribution < 1.29 is 11.7 Å². The van der Waals surface area contributed by atoms with Gasteiger partial charge in [-0.15, -0.1) is 11.7 Å². The van der Waals surface area contributed by atoms with Crippen molar-refractivity contribution >= 4 is 22.7 Å². The zero-order valence-corrected chi connectivity index (χ0v) is 12.3. The van der Waals surface area contributed by atoms with Gasteiger partial charge in [-0.1, -0.05) is 36.4 Å². The van der Waals surface area contributed by atoms with Gasteiger partial charge in [-0.3, -0.25) is 0 Å². The molecule has 112 valence electrons. The molecule has 1 nitrogen and oxygen atoms in total. The highest BCUT2D eigenvalue weighted by molar-refractivity contribution is 8.22. The molecular formula is C16H16F3NS. The summed E-state index contributed by atoms with van der Waals surface area (Å²) < 4.78 is 41.9. The normalized spacial score (nSPS) is 16.2. The Kier molecular flexibility index (Phi) is 3.85. The summed E-state index contributed by atoms with van der Waals surface area (Å²) in [5, 5.41) is 0. The standard InChI is InChI=1S/C16H16F3NS/c17-21(18,19)20-15-11-5-3-9-13(15)7-1-2-8-14-10-4-6-12-16(14)20/h3-6,9-12H,1-2,7-8H2. The Morgan fingerprint density at radius 2 is 1.14 bits per heavy atom. The molecule has 0 radical (unpaired) electrons. The maximum Gasteiger partial charge on any atom is 0.306 e. The number of anilines is 2. The smallest absolute Gasteiger partial charge is 0.229 e. The second-order valence-electron chi connectivity index (χ2n) is 5.14. The quantitative estimate of drug-likeness (QED) is 0.617. The molecular weight excluding hydrogens is 295 g/mol. The minimum Gasteiger partial charge on any atom is -0.229 e. The van der Waals surface area contributed by atoms with Crippen LogP contribution in [0.1, 0.15) is 24.0 Å². The predicted octanol–water partition coefficient (Wildman–Crippen LogP) is 6.08. The topological polar surface area (TPSA) is 3.24 Å². The number of benzene rings is 2. The number of hydrogen-bond acceptors (Lipinski definition) is 1. The van der Waals surface area contributed by atoms with Gasteiger partial charge in [0.2, 0.25) is 0 Å². The highest BCUT2D eigenvalue weighted by atomic mass is 32.3. The van der Waals surface area contributed by atoms with Crippen molar-refractivity contribution in [1.82, 2.24) is 0 Å². The summed E-state index contributed by atoms with van der Waals surface area (Å²) in [6, 6.07) is 13.8. The molecule has 1 aliphatic heterocycles. The summed E-state index contributed by atoms with van der Waals surface area (Å²) in [5.41, 5.74) is 2.13. The number of aryl methyl sites for hydroxylation is 2. The summed E-state index contributed by atoms with van der Waals surface area (Å²) in [6.45, 7) is 0. The summed E-state index contributed by atoms with van der Waals surface area (Å²) in [6.07, 6.45) is 3.20. The number of para-hydroxylation sites is 2. The first-order valence-electron chi connectivity index (χ1n) is 6.95. The molecule has 0 unspecified atom stereocenters. The van der Waals surface area contributed by atoms with Gasteiger partial charge in [0.25, 0.3) is 0 Å². The maximum atomic E-state index is 13.8. The highest BCUT2D eigenvalue weighted by Crippen LogP contribution is 2.62. The molecule has 2 aromatic rings. The van der Waals surface area contributed by atoms with E-state index in [4.69, 9.17) is 0 Å². The van der Waals surface area contributed by atoms with E-state index in [0.717, 1.165) is 24.0 Å². The third kappa shape index (κ3) is 2.88. The number of rotatable bonds is 1. The second-order valence-corrected chi connectivity index (χ2v) is 6.27. The molecule has 0 saturated heterocycles. The van der Waals surface area contributed by atoms with Gasteiger partial charge in [0, 0.05) is 0 Å². The molecule has 0 aromatic heterocycles. The van der Waals surface area contributed by atoms with Gasteiger partial charge in [-0.05, 0) is 48.9 Å². The molecule has 3 rings (SSSR count). The molecule has 0 fully saturated rings. The minimum absolute atomic E-state index is 0.286. The van der Waals surface area contributed by atoms with Crippen LogP contribution in [0.2, 0.25) is 0 Å². The van der Waals surface area contributed by atoms with Gasteiger partial charge in [0.05, 0.1) is 11.4 Å². The van der Waals surface area contributed by atoms with E-state index < -0.39 is 11.4 Å². The average molecular weight is 311 g/mol. The molecule has 0 atom stereocenters. The summed E-state index contributed by atoms with van der Waals surface area (Å²) in [5.74, 6) is 0. The number of halogens is 3. The van der Waals surface area contributed by atoms with Crippen molar-refractivity contribution in [1.29, 1.82) is 0 Å². The van der Waals surface area contributed by atoms with E-state index in [2.05, 4.69) is 0 Å². The van der Waals surface area contributed by atoms with Gasteiger partial charge >= 0.3 is 11.4 Å². The van der Waals surface area contributed by atoms with Crippen molar-refractivity contribution in [2.45, 2.75) is 25.7 Å². The zero-order chi connectivity index (χ0) is 14.9. The SMILES string of the molecule is FS(F)(F)N1c2ccccc2CCCCc2ccccc21. The van der Waals surface area contributed by atoms with Gasteiger partial charge in [0.15, 0.2) is 0 Å². The summed E-state index contributed by atoms with van der Waals surface area (Å²) in [7, 11) is 0. The Balaban J connectivity index is 2.24. The molecule has 1 aliphatic rings. The third-order valence-electron chi connectivity index (χ3n) is 3.77. The van der Waals surface area contributed by atoms with Crippen LogP contribution in [0.4, 0.5) is 23.0 Å². The third-order valence-corrected chi connectivity index (χ3v) is 4.58. The van der Waals surface area contributed by atoms with Crippen LogP contribution in [0.15, 0.2) is 48.5 Å². The van der Waals surface area contributed by atoms with Gasteiger partial charge in [0.1, 0.15) is 0 Å². The van der Waals surface area contributed by atoms with Crippen molar-refractivity contribution in [2.75, 3.05) is 4.31 Å². The highest BCUT2D eigenvalue weighted by Gasteiger charge is 2.36. The first-order valence-corrected chi connectivity index (χ1v) is 8.25. The molecule has 5 heteroatoms. The maximum absolute atomic E-state index is 13.8. The Bertz CT molecular complexity index is 590. The van der Waals surface area contributed by atoms with Crippen molar-refractivity contribution in [3.05, 3.63) is 59.7 Å². The van der Waals surface area contributed by atoms with Gasteiger partial charge in [-0.25, -0.2) is 4.31 Å². The number of hydrogen-bond donors (Lipinski definition) is 0. The van der Waals surface area contributed by atoms with E-state index in [1.807, 2.05) is 12.1 Å². The molecule has 2 aromatic carbocycles. The zero-order valence-electron chi connectivity index (χ0n) is 11.4. The van der Waals surface area contributed by atoms with Crippen LogP contribution in [0, 0.1) is 0 Å². The first-order chi connectivity index (χ1) is 10.1. The van der Waals surface area contributed by atoms with Crippen molar-refractivity contribution in [2.24, 2.45) is 0 Å². The second kappa shape index (κ2) is 5.64. The number of fused-ring (bicyclic) bond motifs is 2. The van der Waals surface area contributed by atoms with E-state index in [9.17, 15) is 11.7 Å². The van der Waals surface area contributed by atoms with Crippen LogP contribution in [0.25, 0.3) is 0 Å².